The number of carbonyl (C=O) groups excluding carboxylic acids is 1. The van der Waals surface area contributed by atoms with E-state index in [2.05, 4.69) is 20.9 Å². The van der Waals surface area contributed by atoms with Crippen molar-refractivity contribution in [2.45, 2.75) is 33.4 Å². The Morgan fingerprint density at radius 2 is 1.68 bits per heavy atom. The summed E-state index contributed by atoms with van der Waals surface area (Å²) in [4.78, 5) is 31.9. The lowest BCUT2D eigenvalue weighted by atomic mass is 9.97. The van der Waals surface area contributed by atoms with Gasteiger partial charge in [0.1, 0.15) is 6.61 Å². The van der Waals surface area contributed by atoms with E-state index in [1.807, 2.05) is 26.8 Å². The van der Waals surface area contributed by atoms with Crippen LogP contribution in [0.5, 0.6) is 23.0 Å². The summed E-state index contributed by atoms with van der Waals surface area (Å²) in [6.45, 7) is 7.05. The van der Waals surface area contributed by atoms with Gasteiger partial charge in [-0.3, -0.25) is 9.36 Å². The van der Waals surface area contributed by atoms with E-state index in [4.69, 9.17) is 46.9 Å². The molecule has 9 nitrogen and oxygen atoms in total. The highest BCUT2D eigenvalue weighted by atomic mass is 79.9. The van der Waals surface area contributed by atoms with Gasteiger partial charge < -0.3 is 23.7 Å². The highest BCUT2D eigenvalue weighted by Gasteiger charge is 2.31. The molecule has 2 heterocycles. The summed E-state index contributed by atoms with van der Waals surface area (Å²) < 4.78 is 31.2. The maximum Gasteiger partial charge on any atom is 0.337 e. The van der Waals surface area contributed by atoms with Gasteiger partial charge >= 0.3 is 5.97 Å². The molecule has 1 aromatic heterocycles. The summed E-state index contributed by atoms with van der Waals surface area (Å²) in [6.07, 6.45) is 3.20. The highest BCUT2D eigenvalue weighted by molar-refractivity contribution is 9.10. The number of carbonyl (C=O) groups is 1. The number of ether oxygens (including phenoxy) is 5. The van der Waals surface area contributed by atoms with Gasteiger partial charge in [0.25, 0.3) is 5.56 Å². The molecule has 0 saturated carbocycles. The average Bonchev–Trinajstić information content (AvgIpc) is 3.36. The molecule has 4 aromatic rings. The summed E-state index contributed by atoms with van der Waals surface area (Å²) in [5, 5.41) is 1.03. The van der Waals surface area contributed by atoms with E-state index in [-0.39, 0.29) is 17.7 Å². The second kappa shape index (κ2) is 15.4. The minimum atomic E-state index is -0.808. The largest absolute Gasteiger partial charge is 0.490 e. The van der Waals surface area contributed by atoms with Gasteiger partial charge in [-0.25, -0.2) is 9.79 Å². The molecule has 0 radical (unpaired) electrons. The minimum absolute atomic E-state index is 0.186. The van der Waals surface area contributed by atoms with E-state index in [1.54, 1.807) is 48.5 Å². The zero-order chi connectivity index (χ0) is 33.7. The van der Waals surface area contributed by atoms with Gasteiger partial charge in [-0.2, -0.15) is 0 Å². The van der Waals surface area contributed by atoms with Crippen LogP contribution in [0.1, 0.15) is 43.5 Å². The fourth-order valence-electron chi connectivity index (χ4n) is 5.00. The van der Waals surface area contributed by atoms with Gasteiger partial charge in [0.05, 0.1) is 47.6 Å². The molecular formula is C34H31BrCl2N2O7S. The van der Waals surface area contributed by atoms with E-state index in [1.165, 1.54) is 29.2 Å². The SMILES string of the molecule is CCOc1ccc([C@H]2C(C(=O)OC)=CN=c3s/c(=C\c4cc(Br)c(OCc5ccc(Cl)cc5Cl)c(OCC)c4)c(=O)n32)cc1OCC. The number of halogens is 3. The van der Waals surface area contributed by atoms with E-state index in [9.17, 15) is 9.59 Å². The number of rotatable bonds is 12. The molecule has 0 spiro atoms. The predicted molar refractivity (Wildman–Crippen MR) is 186 cm³/mol. The number of benzene rings is 3. The number of hydrogen-bond acceptors (Lipinski definition) is 9. The van der Waals surface area contributed by atoms with Crippen molar-refractivity contribution in [3.05, 3.63) is 111 Å². The normalized spacial score (nSPS) is 14.1. The Morgan fingerprint density at radius 3 is 2.38 bits per heavy atom. The van der Waals surface area contributed by atoms with Crippen molar-refractivity contribution < 1.29 is 28.5 Å². The van der Waals surface area contributed by atoms with Crippen LogP contribution in [0.25, 0.3) is 6.08 Å². The van der Waals surface area contributed by atoms with Crippen LogP contribution in [0.3, 0.4) is 0 Å². The second-order valence-electron chi connectivity index (χ2n) is 10.0. The van der Waals surface area contributed by atoms with Gasteiger partial charge in [0.15, 0.2) is 27.8 Å². The van der Waals surface area contributed by atoms with E-state index in [0.717, 1.165) is 5.56 Å². The summed E-state index contributed by atoms with van der Waals surface area (Å²) in [6, 6.07) is 13.4. The summed E-state index contributed by atoms with van der Waals surface area (Å²) in [5.74, 6) is 1.44. The topological polar surface area (TPSA) is 97.6 Å². The van der Waals surface area contributed by atoms with Gasteiger partial charge in [-0.1, -0.05) is 46.7 Å². The van der Waals surface area contributed by atoms with Crippen LogP contribution in [-0.4, -0.2) is 37.5 Å². The van der Waals surface area contributed by atoms with Crippen LogP contribution in [-0.2, 0) is 16.1 Å². The fourth-order valence-corrected chi connectivity index (χ4v) is 7.01. The molecule has 47 heavy (non-hydrogen) atoms. The average molecular weight is 763 g/mol. The monoisotopic (exact) mass is 760 g/mol. The van der Waals surface area contributed by atoms with Crippen molar-refractivity contribution >= 4 is 62.5 Å². The Hall–Kier alpha value is -3.77. The van der Waals surface area contributed by atoms with Crippen LogP contribution in [0, 0.1) is 0 Å². The molecule has 246 valence electrons. The smallest absolute Gasteiger partial charge is 0.337 e. The highest BCUT2D eigenvalue weighted by Crippen LogP contribution is 2.39. The van der Waals surface area contributed by atoms with Crippen LogP contribution in [0.2, 0.25) is 10.0 Å². The molecule has 3 aromatic carbocycles. The number of hydrogen-bond donors (Lipinski definition) is 0. The number of aromatic nitrogens is 1. The summed E-state index contributed by atoms with van der Waals surface area (Å²) in [7, 11) is 1.29. The Labute approximate surface area is 293 Å². The first-order chi connectivity index (χ1) is 22.7. The van der Waals surface area contributed by atoms with Crippen molar-refractivity contribution in [1.29, 1.82) is 0 Å². The third-order valence-electron chi connectivity index (χ3n) is 7.02. The third kappa shape index (κ3) is 7.54. The molecule has 0 bridgehead atoms. The fraction of sp³-hybridized carbons (Fsp3) is 0.265. The maximum atomic E-state index is 14.1. The Morgan fingerprint density at radius 1 is 0.957 bits per heavy atom. The van der Waals surface area contributed by atoms with Gasteiger partial charge in [-0.05, 0) is 90.3 Å². The number of fused-ring (bicyclic) bond motifs is 1. The minimum Gasteiger partial charge on any atom is -0.490 e. The third-order valence-corrected chi connectivity index (χ3v) is 9.20. The quantitative estimate of drug-likeness (QED) is 0.146. The first-order valence-electron chi connectivity index (χ1n) is 14.7. The molecule has 5 rings (SSSR count). The Bertz CT molecular complexity index is 2030. The van der Waals surface area contributed by atoms with Crippen LogP contribution >= 0.6 is 50.5 Å². The lowest BCUT2D eigenvalue weighted by Crippen LogP contribution is -2.39. The summed E-state index contributed by atoms with van der Waals surface area (Å²) in [5.41, 5.74) is 1.97. The van der Waals surface area contributed by atoms with E-state index in [0.29, 0.717) is 77.8 Å². The van der Waals surface area contributed by atoms with Gasteiger partial charge in [0, 0.05) is 21.8 Å². The predicted octanol–water partition coefficient (Wildman–Crippen LogP) is 6.86. The molecule has 1 aliphatic rings. The first-order valence-corrected chi connectivity index (χ1v) is 17.1. The molecule has 1 atom stereocenters. The summed E-state index contributed by atoms with van der Waals surface area (Å²) >= 11 is 17.2. The van der Waals surface area contributed by atoms with Crippen LogP contribution < -0.4 is 33.8 Å². The molecular weight excluding hydrogens is 731 g/mol. The Balaban J connectivity index is 1.57. The lowest BCUT2D eigenvalue weighted by Gasteiger charge is -2.23. The van der Waals surface area contributed by atoms with Crippen molar-refractivity contribution in [2.24, 2.45) is 4.99 Å². The van der Waals surface area contributed by atoms with E-state index >= 15 is 0 Å². The van der Waals surface area contributed by atoms with Crippen molar-refractivity contribution in [2.75, 3.05) is 26.9 Å². The molecule has 1 aliphatic heterocycles. The van der Waals surface area contributed by atoms with Gasteiger partial charge in [-0.15, -0.1) is 0 Å². The molecule has 13 heteroatoms. The van der Waals surface area contributed by atoms with E-state index < -0.39 is 12.0 Å². The molecule has 0 amide bonds. The molecule has 0 N–H and O–H groups in total. The van der Waals surface area contributed by atoms with Gasteiger partial charge in [0.2, 0.25) is 0 Å². The molecule has 0 saturated heterocycles. The zero-order valence-electron chi connectivity index (χ0n) is 26.0. The van der Waals surface area contributed by atoms with Crippen molar-refractivity contribution in [3.63, 3.8) is 0 Å². The van der Waals surface area contributed by atoms with Crippen molar-refractivity contribution in [1.82, 2.24) is 4.57 Å². The lowest BCUT2D eigenvalue weighted by molar-refractivity contribution is -0.136. The number of nitrogens with zero attached hydrogens (tertiary/aromatic N) is 2. The van der Waals surface area contributed by atoms with Crippen molar-refractivity contribution in [3.8, 4) is 23.0 Å². The second-order valence-corrected chi connectivity index (χ2v) is 12.7. The molecule has 0 aliphatic carbocycles. The Kier molecular flexibility index (Phi) is 11.3. The number of esters is 1. The maximum absolute atomic E-state index is 14.1. The first kappa shape index (κ1) is 34.6. The zero-order valence-corrected chi connectivity index (χ0v) is 29.9. The number of methoxy groups -OCH3 is 1. The standard InChI is InChI=1S/C34H31BrCl2N2O7S/c1-5-43-26-11-9-20(15-27(26)44-6-2)30-23(33(41)42-4)17-38-34-39(30)32(40)29(47-34)14-19-12-24(35)31(28(13-19)45-7-3)46-18-21-8-10-22(36)16-25(21)37/h8-17,30H,5-7,18H2,1-4H3/b29-14-/t30-/m0/s1. The molecule has 0 fully saturated rings. The van der Waals surface area contributed by atoms with Crippen LogP contribution in [0.4, 0.5) is 0 Å². The molecule has 0 unspecified atom stereocenters. The van der Waals surface area contributed by atoms with Crippen LogP contribution in [0.15, 0.2) is 74.6 Å². The number of thiazole rings is 1.